The molecular weight excluding hydrogens is 286 g/mol. The Labute approximate surface area is 117 Å². The summed E-state index contributed by atoms with van der Waals surface area (Å²) in [6.45, 7) is -0.126. The van der Waals surface area contributed by atoms with Gasteiger partial charge < -0.3 is 14.6 Å². The molecule has 0 bridgehead atoms. The minimum Gasteiger partial charge on any atom is -0.465 e. The van der Waals surface area contributed by atoms with Gasteiger partial charge >= 0.3 is 5.97 Å². The topological polar surface area (TPSA) is 102 Å². The van der Waals surface area contributed by atoms with E-state index in [4.69, 9.17) is 4.74 Å². The van der Waals surface area contributed by atoms with Gasteiger partial charge in [0.25, 0.3) is 0 Å². The van der Waals surface area contributed by atoms with Crippen LogP contribution >= 0.6 is 0 Å². The summed E-state index contributed by atoms with van der Waals surface area (Å²) in [5.41, 5.74) is 0.255. The van der Waals surface area contributed by atoms with Crippen molar-refractivity contribution in [3.63, 3.8) is 0 Å². The molecule has 1 atom stereocenters. The average molecular weight is 303 g/mol. The molecule has 112 valence electrons. The van der Waals surface area contributed by atoms with Crippen molar-refractivity contribution < 1.29 is 27.8 Å². The van der Waals surface area contributed by atoms with Crippen molar-refractivity contribution in [2.75, 3.05) is 27.4 Å². The number of hydrogen-bond donors (Lipinski definition) is 2. The van der Waals surface area contributed by atoms with Crippen molar-refractivity contribution in [1.29, 1.82) is 0 Å². The molecule has 8 heteroatoms. The SMILES string of the molecule is COCC(O)CNS(=O)(=O)c1ccc(C(=O)OC)cc1. The fourth-order valence-corrected chi connectivity index (χ4v) is 2.50. The Kier molecular flexibility index (Phi) is 6.08. The molecule has 0 amide bonds. The lowest BCUT2D eigenvalue weighted by Gasteiger charge is -2.11. The van der Waals surface area contributed by atoms with Crippen LogP contribution in [0.4, 0.5) is 0 Å². The van der Waals surface area contributed by atoms with Gasteiger partial charge in [-0.15, -0.1) is 0 Å². The smallest absolute Gasteiger partial charge is 0.337 e. The lowest BCUT2D eigenvalue weighted by molar-refractivity contribution is 0.0600. The first-order valence-corrected chi connectivity index (χ1v) is 7.24. The van der Waals surface area contributed by atoms with Crippen LogP contribution in [0.1, 0.15) is 10.4 Å². The summed E-state index contributed by atoms with van der Waals surface area (Å²) in [6, 6.07) is 5.28. The summed E-state index contributed by atoms with van der Waals surface area (Å²) < 4.78 is 35.3. The highest BCUT2D eigenvalue weighted by molar-refractivity contribution is 7.89. The van der Waals surface area contributed by atoms with Crippen LogP contribution in [0, 0.1) is 0 Å². The highest BCUT2D eigenvalue weighted by atomic mass is 32.2. The third-order valence-electron chi connectivity index (χ3n) is 2.45. The number of nitrogens with one attached hydrogen (secondary N) is 1. The number of benzene rings is 1. The number of esters is 1. The van der Waals surface area contributed by atoms with Gasteiger partial charge in [0.05, 0.1) is 30.3 Å². The van der Waals surface area contributed by atoms with Gasteiger partial charge in [0.15, 0.2) is 0 Å². The molecule has 0 aliphatic carbocycles. The highest BCUT2D eigenvalue weighted by Crippen LogP contribution is 2.11. The minimum absolute atomic E-state index is 0.00484. The monoisotopic (exact) mass is 303 g/mol. The molecule has 0 spiro atoms. The molecule has 1 aromatic carbocycles. The van der Waals surface area contributed by atoms with Gasteiger partial charge in [-0.25, -0.2) is 17.9 Å². The maximum absolute atomic E-state index is 11.9. The fourth-order valence-electron chi connectivity index (χ4n) is 1.43. The van der Waals surface area contributed by atoms with Gasteiger partial charge in [0.1, 0.15) is 0 Å². The maximum Gasteiger partial charge on any atom is 0.337 e. The quantitative estimate of drug-likeness (QED) is 0.674. The standard InChI is InChI=1S/C12H17NO6S/c1-18-8-10(14)7-13-20(16,17)11-5-3-9(4-6-11)12(15)19-2/h3-6,10,13-14H,7-8H2,1-2H3. The molecule has 0 aliphatic rings. The van der Waals surface area contributed by atoms with Crippen molar-refractivity contribution in [3.05, 3.63) is 29.8 Å². The summed E-state index contributed by atoms with van der Waals surface area (Å²) in [7, 11) is -1.09. The summed E-state index contributed by atoms with van der Waals surface area (Å²) in [6.07, 6.45) is -0.927. The zero-order valence-corrected chi connectivity index (χ0v) is 12.0. The number of rotatable bonds is 7. The van der Waals surface area contributed by atoms with Crippen LogP contribution in [0.3, 0.4) is 0 Å². The number of carbonyl (C=O) groups excluding carboxylic acids is 1. The molecule has 0 aliphatic heterocycles. The van der Waals surface area contributed by atoms with Crippen LogP contribution in [0.5, 0.6) is 0 Å². The molecule has 2 N–H and O–H groups in total. The van der Waals surface area contributed by atoms with Gasteiger partial charge in [-0.05, 0) is 24.3 Å². The van der Waals surface area contributed by atoms with Crippen LogP contribution in [0.2, 0.25) is 0 Å². The molecule has 0 radical (unpaired) electrons. The summed E-state index contributed by atoms with van der Waals surface area (Å²) >= 11 is 0. The van der Waals surface area contributed by atoms with Gasteiger partial charge in [0, 0.05) is 13.7 Å². The van der Waals surface area contributed by atoms with E-state index in [2.05, 4.69) is 9.46 Å². The Balaban J connectivity index is 2.75. The Hall–Kier alpha value is -1.48. The molecule has 1 aromatic rings. The molecule has 0 saturated carbocycles. The minimum atomic E-state index is -3.74. The molecule has 0 heterocycles. The lowest BCUT2D eigenvalue weighted by atomic mass is 10.2. The van der Waals surface area contributed by atoms with E-state index >= 15 is 0 Å². The van der Waals surface area contributed by atoms with Crippen molar-refractivity contribution in [1.82, 2.24) is 4.72 Å². The number of aliphatic hydroxyl groups is 1. The van der Waals surface area contributed by atoms with Gasteiger partial charge in [-0.1, -0.05) is 0 Å². The molecule has 0 fully saturated rings. The predicted octanol–water partition coefficient (Wildman–Crippen LogP) is -0.241. The van der Waals surface area contributed by atoms with Crippen molar-refractivity contribution >= 4 is 16.0 Å². The average Bonchev–Trinajstić information content (AvgIpc) is 2.45. The van der Waals surface area contributed by atoms with Gasteiger partial charge in [-0.2, -0.15) is 0 Å². The first-order valence-electron chi connectivity index (χ1n) is 5.75. The molecule has 0 saturated heterocycles. The second-order valence-electron chi connectivity index (χ2n) is 3.98. The van der Waals surface area contributed by atoms with Crippen LogP contribution in [0.25, 0.3) is 0 Å². The number of ether oxygens (including phenoxy) is 2. The molecule has 1 rings (SSSR count). The number of carbonyl (C=O) groups is 1. The highest BCUT2D eigenvalue weighted by Gasteiger charge is 2.16. The van der Waals surface area contributed by atoms with Crippen LogP contribution in [-0.2, 0) is 19.5 Å². The predicted molar refractivity (Wildman–Crippen MR) is 70.9 cm³/mol. The number of aliphatic hydroxyl groups excluding tert-OH is 1. The van der Waals surface area contributed by atoms with E-state index in [0.29, 0.717) is 0 Å². The first kappa shape index (κ1) is 16.6. The van der Waals surface area contributed by atoms with E-state index in [0.717, 1.165) is 0 Å². The second-order valence-corrected chi connectivity index (χ2v) is 5.74. The normalized spacial score (nSPS) is 12.9. The zero-order valence-electron chi connectivity index (χ0n) is 11.2. The Morgan fingerprint density at radius 2 is 1.90 bits per heavy atom. The number of hydrogen-bond acceptors (Lipinski definition) is 6. The van der Waals surface area contributed by atoms with Crippen LogP contribution in [0.15, 0.2) is 29.2 Å². The van der Waals surface area contributed by atoms with E-state index in [1.165, 1.54) is 38.5 Å². The van der Waals surface area contributed by atoms with Crippen molar-refractivity contribution in [2.24, 2.45) is 0 Å². The molecule has 0 aromatic heterocycles. The van der Waals surface area contributed by atoms with Gasteiger partial charge in [-0.3, -0.25) is 0 Å². The Morgan fingerprint density at radius 1 is 1.30 bits per heavy atom. The van der Waals surface area contributed by atoms with E-state index < -0.39 is 22.1 Å². The summed E-state index contributed by atoms with van der Waals surface area (Å²) in [4.78, 5) is 11.2. The summed E-state index contributed by atoms with van der Waals surface area (Å²) in [5.74, 6) is -0.544. The van der Waals surface area contributed by atoms with Crippen LogP contribution in [-0.4, -0.2) is 53.0 Å². The third-order valence-corrected chi connectivity index (χ3v) is 3.89. The maximum atomic E-state index is 11.9. The molecular formula is C12H17NO6S. The molecule has 20 heavy (non-hydrogen) atoms. The van der Waals surface area contributed by atoms with Crippen molar-refractivity contribution in [3.8, 4) is 0 Å². The third kappa shape index (κ3) is 4.57. The molecule has 1 unspecified atom stereocenters. The van der Waals surface area contributed by atoms with Crippen molar-refractivity contribution in [2.45, 2.75) is 11.0 Å². The first-order chi connectivity index (χ1) is 9.40. The van der Waals surface area contributed by atoms with E-state index in [1.54, 1.807) is 0 Å². The van der Waals surface area contributed by atoms with Crippen LogP contribution < -0.4 is 4.72 Å². The Morgan fingerprint density at radius 3 is 2.40 bits per heavy atom. The van der Waals surface area contributed by atoms with E-state index in [9.17, 15) is 18.3 Å². The second kappa shape index (κ2) is 7.34. The number of sulfonamides is 1. The van der Waals surface area contributed by atoms with Gasteiger partial charge in [0.2, 0.25) is 10.0 Å². The zero-order chi connectivity index (χ0) is 15.2. The molecule has 7 nitrogen and oxygen atoms in total. The lowest BCUT2D eigenvalue weighted by Crippen LogP contribution is -2.34. The van der Waals surface area contributed by atoms with E-state index in [1.807, 2.05) is 0 Å². The van der Waals surface area contributed by atoms with E-state index in [-0.39, 0.29) is 23.6 Å². The number of methoxy groups -OCH3 is 2. The fraction of sp³-hybridized carbons (Fsp3) is 0.417. The summed E-state index contributed by atoms with van der Waals surface area (Å²) in [5, 5.41) is 9.40. The Bertz CT molecular complexity index is 540. The largest absolute Gasteiger partial charge is 0.465 e.